The summed E-state index contributed by atoms with van der Waals surface area (Å²) in [6.45, 7) is 11.1. The minimum Gasteiger partial charge on any atom is -0.223 e. The first kappa shape index (κ1) is 16.9. The first-order valence-electron chi connectivity index (χ1n) is 6.26. The number of benzene rings is 1. The van der Waals surface area contributed by atoms with Crippen LogP contribution >= 0.6 is 15.9 Å². The third-order valence-electron chi connectivity index (χ3n) is 3.23. The maximum atomic E-state index is 13.0. The Balaban J connectivity index is 3.47. The smallest absolute Gasteiger partial charge is 0.185 e. The van der Waals surface area contributed by atoms with Crippen LogP contribution in [0.3, 0.4) is 0 Å². The van der Waals surface area contributed by atoms with Crippen molar-refractivity contribution in [3.05, 3.63) is 66.7 Å². The first-order valence-corrected chi connectivity index (χ1v) is 8.54. The Morgan fingerprint density at radius 2 is 1.55 bits per heavy atom. The molecule has 0 bridgehead atoms. The number of rotatable bonds is 8. The molecule has 0 aliphatic rings. The molecule has 1 aromatic carbocycles. The summed E-state index contributed by atoms with van der Waals surface area (Å²) in [6, 6.07) is 6.76. The van der Waals surface area contributed by atoms with Gasteiger partial charge in [0.25, 0.3) is 0 Å². The molecular weight excluding hydrogens is 336 g/mol. The standard InChI is InChI=1S/C16H19BrO2S/c1-4-10-16(11-5-2,12-6-3)20(18,19)15-9-7-8-14(17)13-15/h4-9,13H,1-3,10-12H2. The van der Waals surface area contributed by atoms with Gasteiger partial charge in [-0.15, -0.1) is 19.7 Å². The average Bonchev–Trinajstić information content (AvgIpc) is 2.39. The molecule has 0 spiro atoms. The van der Waals surface area contributed by atoms with Gasteiger partial charge in [-0.25, -0.2) is 8.42 Å². The molecule has 0 aromatic heterocycles. The van der Waals surface area contributed by atoms with Crippen LogP contribution in [0.15, 0.2) is 71.6 Å². The van der Waals surface area contributed by atoms with Crippen LogP contribution in [0.25, 0.3) is 0 Å². The van der Waals surface area contributed by atoms with Crippen LogP contribution in [0.4, 0.5) is 0 Å². The van der Waals surface area contributed by atoms with Gasteiger partial charge in [0.05, 0.1) is 9.64 Å². The van der Waals surface area contributed by atoms with E-state index in [0.717, 1.165) is 4.47 Å². The minimum absolute atomic E-state index is 0.303. The highest BCUT2D eigenvalue weighted by Crippen LogP contribution is 2.37. The van der Waals surface area contributed by atoms with Gasteiger partial charge in [0.1, 0.15) is 0 Å². The summed E-state index contributed by atoms with van der Waals surface area (Å²) < 4.78 is 25.8. The molecule has 0 atom stereocenters. The van der Waals surface area contributed by atoms with Crippen LogP contribution in [0.2, 0.25) is 0 Å². The van der Waals surface area contributed by atoms with Gasteiger partial charge in [-0.3, -0.25) is 0 Å². The predicted octanol–water partition coefficient (Wildman–Crippen LogP) is 4.69. The van der Waals surface area contributed by atoms with Gasteiger partial charge in [0, 0.05) is 4.47 Å². The zero-order valence-corrected chi connectivity index (χ0v) is 13.8. The van der Waals surface area contributed by atoms with Crippen LogP contribution < -0.4 is 0 Å². The summed E-state index contributed by atoms with van der Waals surface area (Å²) in [6.07, 6.45) is 6.01. The molecule has 0 heterocycles. The van der Waals surface area contributed by atoms with Crippen molar-refractivity contribution in [1.82, 2.24) is 0 Å². The molecular formula is C16H19BrO2S. The normalized spacial score (nSPS) is 11.8. The zero-order valence-electron chi connectivity index (χ0n) is 11.4. The van der Waals surface area contributed by atoms with E-state index in [0.29, 0.717) is 24.2 Å². The molecule has 0 fully saturated rings. The topological polar surface area (TPSA) is 34.1 Å². The van der Waals surface area contributed by atoms with Crippen LogP contribution in [0, 0.1) is 0 Å². The number of allylic oxidation sites excluding steroid dienone is 3. The van der Waals surface area contributed by atoms with E-state index in [1.165, 1.54) is 0 Å². The summed E-state index contributed by atoms with van der Waals surface area (Å²) in [7, 11) is -3.52. The fourth-order valence-electron chi connectivity index (χ4n) is 2.25. The third-order valence-corrected chi connectivity index (χ3v) is 6.23. The maximum absolute atomic E-state index is 13.0. The Kier molecular flexibility index (Phi) is 5.96. The van der Waals surface area contributed by atoms with E-state index < -0.39 is 14.6 Å². The van der Waals surface area contributed by atoms with Crippen molar-refractivity contribution in [2.24, 2.45) is 0 Å². The second kappa shape index (κ2) is 7.04. The van der Waals surface area contributed by atoms with Crippen LogP contribution in [-0.2, 0) is 9.84 Å². The highest BCUT2D eigenvalue weighted by atomic mass is 79.9. The lowest BCUT2D eigenvalue weighted by Crippen LogP contribution is -2.37. The van der Waals surface area contributed by atoms with Crippen molar-refractivity contribution in [3.8, 4) is 0 Å². The SMILES string of the molecule is C=CCC(CC=C)(CC=C)S(=O)(=O)c1cccc(Br)c1. The molecule has 0 saturated carbocycles. The van der Waals surface area contributed by atoms with Crippen molar-refractivity contribution in [1.29, 1.82) is 0 Å². The van der Waals surface area contributed by atoms with Crippen molar-refractivity contribution in [2.75, 3.05) is 0 Å². The van der Waals surface area contributed by atoms with Gasteiger partial charge >= 0.3 is 0 Å². The summed E-state index contributed by atoms with van der Waals surface area (Å²) in [4.78, 5) is 0.303. The van der Waals surface area contributed by atoms with Crippen molar-refractivity contribution < 1.29 is 8.42 Å². The van der Waals surface area contributed by atoms with Gasteiger partial charge in [-0.2, -0.15) is 0 Å². The molecule has 0 radical (unpaired) electrons. The van der Waals surface area contributed by atoms with Gasteiger partial charge in [0.15, 0.2) is 9.84 Å². The second-order valence-electron chi connectivity index (χ2n) is 4.62. The minimum atomic E-state index is -3.52. The summed E-state index contributed by atoms with van der Waals surface area (Å²) in [5, 5.41) is 0. The molecule has 0 N–H and O–H groups in total. The van der Waals surface area contributed by atoms with Crippen molar-refractivity contribution >= 4 is 25.8 Å². The summed E-state index contributed by atoms with van der Waals surface area (Å²) in [5.74, 6) is 0. The lowest BCUT2D eigenvalue weighted by atomic mass is 9.96. The van der Waals surface area contributed by atoms with Crippen LogP contribution in [0.1, 0.15) is 19.3 Å². The second-order valence-corrected chi connectivity index (χ2v) is 7.88. The quantitative estimate of drug-likeness (QED) is 0.634. The Bertz CT molecular complexity index is 576. The Morgan fingerprint density at radius 1 is 1.05 bits per heavy atom. The molecule has 0 amide bonds. The number of hydrogen-bond acceptors (Lipinski definition) is 2. The monoisotopic (exact) mass is 354 g/mol. The number of halogens is 1. The van der Waals surface area contributed by atoms with Crippen LogP contribution in [-0.4, -0.2) is 13.2 Å². The van der Waals surface area contributed by atoms with E-state index >= 15 is 0 Å². The molecule has 1 rings (SSSR count). The summed E-state index contributed by atoms with van der Waals surface area (Å²) in [5.41, 5.74) is 0. The largest absolute Gasteiger partial charge is 0.223 e. The van der Waals surface area contributed by atoms with Crippen LogP contribution in [0.5, 0.6) is 0 Å². The van der Waals surface area contributed by atoms with E-state index in [4.69, 9.17) is 0 Å². The molecule has 20 heavy (non-hydrogen) atoms. The van der Waals surface area contributed by atoms with Crippen molar-refractivity contribution in [2.45, 2.75) is 28.9 Å². The molecule has 0 aliphatic heterocycles. The number of sulfone groups is 1. The highest BCUT2D eigenvalue weighted by Gasteiger charge is 2.41. The number of hydrogen-bond donors (Lipinski definition) is 0. The molecule has 0 unspecified atom stereocenters. The summed E-state index contributed by atoms with van der Waals surface area (Å²) >= 11 is 3.31. The third kappa shape index (κ3) is 3.30. The Morgan fingerprint density at radius 3 is 1.95 bits per heavy atom. The average molecular weight is 355 g/mol. The zero-order chi connectivity index (χ0) is 15.2. The van der Waals surface area contributed by atoms with Gasteiger partial charge in [0.2, 0.25) is 0 Å². The van der Waals surface area contributed by atoms with E-state index in [1.807, 2.05) is 0 Å². The molecule has 108 valence electrons. The molecule has 1 aromatic rings. The molecule has 2 nitrogen and oxygen atoms in total. The first-order chi connectivity index (χ1) is 9.43. The fourth-order valence-corrected chi connectivity index (χ4v) is 4.85. The predicted molar refractivity (Wildman–Crippen MR) is 88.5 cm³/mol. The molecule has 0 aliphatic carbocycles. The maximum Gasteiger partial charge on any atom is 0.185 e. The Hall–Kier alpha value is -1.13. The van der Waals surface area contributed by atoms with E-state index in [9.17, 15) is 8.42 Å². The fraction of sp³-hybridized carbons (Fsp3) is 0.250. The molecule has 0 saturated heterocycles. The van der Waals surface area contributed by atoms with Gasteiger partial charge in [-0.05, 0) is 37.5 Å². The van der Waals surface area contributed by atoms with Crippen molar-refractivity contribution in [3.63, 3.8) is 0 Å². The lowest BCUT2D eigenvalue weighted by molar-refractivity contribution is 0.510. The highest BCUT2D eigenvalue weighted by molar-refractivity contribution is 9.10. The van der Waals surface area contributed by atoms with E-state index in [-0.39, 0.29) is 0 Å². The van der Waals surface area contributed by atoms with Gasteiger partial charge < -0.3 is 0 Å². The van der Waals surface area contributed by atoms with E-state index in [2.05, 4.69) is 35.7 Å². The van der Waals surface area contributed by atoms with Gasteiger partial charge in [-0.1, -0.05) is 40.2 Å². The Labute approximate surface area is 130 Å². The lowest BCUT2D eigenvalue weighted by Gasteiger charge is -2.30. The molecule has 4 heteroatoms. The van der Waals surface area contributed by atoms with E-state index in [1.54, 1.807) is 42.5 Å².